The normalized spacial score (nSPS) is 26.2. The number of rotatable bonds is 0. The molecule has 2 aliphatic rings. The van der Waals surface area contributed by atoms with Gasteiger partial charge in [-0.2, -0.15) is 0 Å². The van der Waals surface area contributed by atoms with Crippen molar-refractivity contribution in [3.8, 4) is 0 Å². The molecule has 1 aliphatic heterocycles. The molecule has 2 rings (SSSR count). The van der Waals surface area contributed by atoms with Crippen LogP contribution < -0.4 is 0 Å². The molecule has 0 N–H and O–H groups in total. The van der Waals surface area contributed by atoms with Gasteiger partial charge in [-0.25, -0.2) is 9.59 Å². The first-order chi connectivity index (χ1) is 5.63. The molecular weight excluding hydrogens is 160 g/mol. The van der Waals surface area contributed by atoms with Crippen LogP contribution in [-0.2, 0) is 19.1 Å². The smallest absolute Gasteiger partial charge is 0.348 e. The van der Waals surface area contributed by atoms with E-state index in [-0.39, 0.29) is 5.57 Å². The predicted octanol–water partition coefficient (Wildman–Crippen LogP) is 0.523. The van der Waals surface area contributed by atoms with E-state index in [1.807, 2.05) is 0 Å². The maximum Gasteiger partial charge on any atom is 0.348 e. The molecule has 1 saturated carbocycles. The van der Waals surface area contributed by atoms with E-state index >= 15 is 0 Å². The lowest BCUT2D eigenvalue weighted by atomic mass is 9.90. The van der Waals surface area contributed by atoms with Crippen molar-refractivity contribution in [1.29, 1.82) is 0 Å². The summed E-state index contributed by atoms with van der Waals surface area (Å²) in [5.74, 6) is -2.23. The zero-order valence-corrected chi connectivity index (χ0v) is 6.46. The van der Waals surface area contributed by atoms with Crippen LogP contribution >= 0.6 is 0 Å². The van der Waals surface area contributed by atoms with Crippen LogP contribution in [0, 0.1) is 0 Å². The van der Waals surface area contributed by atoms with E-state index < -0.39 is 17.7 Å². The summed E-state index contributed by atoms with van der Waals surface area (Å²) in [7, 11) is 0. The third kappa shape index (κ3) is 0.841. The third-order valence-electron chi connectivity index (χ3n) is 2.17. The summed E-state index contributed by atoms with van der Waals surface area (Å²) in [6, 6.07) is 0. The first-order valence-corrected chi connectivity index (χ1v) is 3.79. The van der Waals surface area contributed by atoms with Crippen molar-refractivity contribution in [1.82, 2.24) is 0 Å². The Bertz CT molecular complexity index is 253. The highest BCUT2D eigenvalue weighted by molar-refractivity contribution is 6.14. The highest BCUT2D eigenvalue weighted by Crippen LogP contribution is 2.40. The molecule has 1 spiro atoms. The fraction of sp³-hybridized carbons (Fsp3) is 0.500. The molecule has 0 atom stereocenters. The lowest BCUT2D eigenvalue weighted by molar-refractivity contribution is -0.260. The standard InChI is InChI=1S/C8H8O4/c1-5-6(9)11-8(3-2-4-8)12-7(5)10/h1-4H2. The highest BCUT2D eigenvalue weighted by Gasteiger charge is 2.49. The van der Waals surface area contributed by atoms with Crippen molar-refractivity contribution in [3.05, 3.63) is 12.2 Å². The molecule has 0 bridgehead atoms. The van der Waals surface area contributed by atoms with Gasteiger partial charge in [-0.3, -0.25) is 0 Å². The number of carbonyl (C=O) groups is 2. The van der Waals surface area contributed by atoms with Crippen LogP contribution in [0.3, 0.4) is 0 Å². The van der Waals surface area contributed by atoms with Gasteiger partial charge in [0.05, 0.1) is 0 Å². The molecule has 0 amide bonds. The molecule has 64 valence electrons. The lowest BCUT2D eigenvalue weighted by Gasteiger charge is -2.42. The van der Waals surface area contributed by atoms with Crippen molar-refractivity contribution in [3.63, 3.8) is 0 Å². The molecule has 0 aromatic heterocycles. The summed E-state index contributed by atoms with van der Waals surface area (Å²) in [5, 5.41) is 0. The van der Waals surface area contributed by atoms with Gasteiger partial charge in [0, 0.05) is 12.8 Å². The quantitative estimate of drug-likeness (QED) is 0.300. The zero-order valence-electron chi connectivity index (χ0n) is 6.46. The molecule has 4 heteroatoms. The van der Waals surface area contributed by atoms with Crippen molar-refractivity contribution in [2.75, 3.05) is 0 Å². The Kier molecular flexibility index (Phi) is 1.28. The van der Waals surface area contributed by atoms with Crippen LogP contribution in [0.1, 0.15) is 19.3 Å². The van der Waals surface area contributed by atoms with Gasteiger partial charge >= 0.3 is 11.9 Å². The van der Waals surface area contributed by atoms with Crippen molar-refractivity contribution in [2.45, 2.75) is 25.0 Å². The maximum absolute atomic E-state index is 11.0. The van der Waals surface area contributed by atoms with Gasteiger partial charge in [-0.05, 0) is 6.42 Å². The van der Waals surface area contributed by atoms with Crippen molar-refractivity contribution in [2.24, 2.45) is 0 Å². The van der Waals surface area contributed by atoms with E-state index in [4.69, 9.17) is 9.47 Å². The van der Waals surface area contributed by atoms with Crippen LogP contribution in [0.15, 0.2) is 12.2 Å². The van der Waals surface area contributed by atoms with E-state index in [9.17, 15) is 9.59 Å². The molecule has 1 aliphatic carbocycles. The predicted molar refractivity (Wildman–Crippen MR) is 37.9 cm³/mol. The number of hydrogen-bond acceptors (Lipinski definition) is 4. The van der Waals surface area contributed by atoms with Crippen LogP contribution in [0.5, 0.6) is 0 Å². The monoisotopic (exact) mass is 168 g/mol. The summed E-state index contributed by atoms with van der Waals surface area (Å²) in [5.41, 5.74) is -0.215. The molecule has 2 fully saturated rings. The minimum atomic E-state index is -0.935. The van der Waals surface area contributed by atoms with E-state index in [2.05, 4.69) is 6.58 Å². The Morgan fingerprint density at radius 1 is 1.17 bits per heavy atom. The van der Waals surface area contributed by atoms with E-state index in [1.165, 1.54) is 0 Å². The van der Waals surface area contributed by atoms with Gasteiger partial charge in [-0.15, -0.1) is 0 Å². The average molecular weight is 168 g/mol. The second-order valence-corrected chi connectivity index (χ2v) is 3.02. The Balaban J connectivity index is 2.20. The lowest BCUT2D eigenvalue weighted by Crippen LogP contribution is -2.50. The number of hydrogen-bond donors (Lipinski definition) is 0. The Hall–Kier alpha value is -1.32. The van der Waals surface area contributed by atoms with E-state index in [0.29, 0.717) is 12.8 Å². The molecule has 0 radical (unpaired) electrons. The van der Waals surface area contributed by atoms with Gasteiger partial charge in [0.1, 0.15) is 5.57 Å². The Morgan fingerprint density at radius 3 is 2.00 bits per heavy atom. The topological polar surface area (TPSA) is 52.6 Å². The SMILES string of the molecule is C=C1C(=O)OC2(CCC2)OC1=O. The molecule has 1 heterocycles. The summed E-state index contributed by atoms with van der Waals surface area (Å²) in [6.45, 7) is 3.25. The molecule has 4 nitrogen and oxygen atoms in total. The summed E-state index contributed by atoms with van der Waals surface area (Å²) in [6.07, 6.45) is 2.14. The Morgan fingerprint density at radius 2 is 1.67 bits per heavy atom. The highest BCUT2D eigenvalue weighted by atomic mass is 16.7. The Labute approximate surface area is 69.1 Å². The van der Waals surface area contributed by atoms with Crippen LogP contribution in [-0.4, -0.2) is 17.7 Å². The van der Waals surface area contributed by atoms with Crippen LogP contribution in [0.4, 0.5) is 0 Å². The van der Waals surface area contributed by atoms with Gasteiger partial charge in [0.25, 0.3) is 5.79 Å². The molecule has 0 unspecified atom stereocenters. The fourth-order valence-electron chi connectivity index (χ4n) is 1.23. The van der Waals surface area contributed by atoms with Crippen LogP contribution in [0.25, 0.3) is 0 Å². The molecule has 0 aromatic carbocycles. The van der Waals surface area contributed by atoms with Gasteiger partial charge < -0.3 is 9.47 Å². The first kappa shape index (κ1) is 7.34. The molecule has 12 heavy (non-hydrogen) atoms. The van der Waals surface area contributed by atoms with Crippen molar-refractivity contribution < 1.29 is 19.1 Å². The van der Waals surface area contributed by atoms with Gasteiger partial charge in [0.15, 0.2) is 0 Å². The minimum absolute atomic E-state index is 0.215. The van der Waals surface area contributed by atoms with E-state index in [1.54, 1.807) is 0 Å². The largest absolute Gasteiger partial charge is 0.419 e. The first-order valence-electron chi connectivity index (χ1n) is 3.79. The molecular formula is C8H8O4. The molecule has 1 saturated heterocycles. The van der Waals surface area contributed by atoms with Gasteiger partial charge in [-0.1, -0.05) is 6.58 Å². The molecule has 0 aromatic rings. The number of esters is 2. The maximum atomic E-state index is 11.0. The van der Waals surface area contributed by atoms with Crippen molar-refractivity contribution >= 4 is 11.9 Å². The zero-order chi connectivity index (χ0) is 8.77. The van der Waals surface area contributed by atoms with Crippen LogP contribution in [0.2, 0.25) is 0 Å². The number of carbonyl (C=O) groups excluding carboxylic acids is 2. The summed E-state index contributed by atoms with van der Waals surface area (Å²) < 4.78 is 9.82. The second kappa shape index (κ2) is 2.09. The minimum Gasteiger partial charge on any atom is -0.419 e. The average Bonchev–Trinajstić information content (AvgIpc) is 1.96. The second-order valence-electron chi connectivity index (χ2n) is 3.02. The van der Waals surface area contributed by atoms with Gasteiger partial charge in [0.2, 0.25) is 0 Å². The van der Waals surface area contributed by atoms with E-state index in [0.717, 1.165) is 6.42 Å². The summed E-state index contributed by atoms with van der Waals surface area (Å²) >= 11 is 0. The number of ether oxygens (including phenoxy) is 2. The summed E-state index contributed by atoms with van der Waals surface area (Å²) in [4.78, 5) is 22.0. The fourth-order valence-corrected chi connectivity index (χ4v) is 1.23. The third-order valence-corrected chi connectivity index (χ3v) is 2.17.